The molecule has 506 valence electrons. The van der Waals surface area contributed by atoms with E-state index in [9.17, 15) is 2.74 Å². The molecule has 0 atom stereocenters. The lowest BCUT2D eigenvalue weighted by Crippen LogP contribution is -2.60. The fourth-order valence-electron chi connectivity index (χ4n) is 17.8. The van der Waals surface area contributed by atoms with Crippen molar-refractivity contribution in [1.29, 1.82) is 0 Å². The monoisotopic (exact) mass is 1360 g/mol. The predicted octanol–water partition coefficient (Wildman–Crippen LogP) is 25.3. The molecule has 0 radical (unpaired) electrons. The summed E-state index contributed by atoms with van der Waals surface area (Å²) in [6.45, 7) is 27.3. The number of aromatic nitrogens is 3. The van der Waals surface area contributed by atoms with Crippen LogP contribution in [0.25, 0.3) is 148 Å². The molecule has 105 heavy (non-hydrogen) atoms. The molecular weight excluding hydrogens is 1270 g/mol. The molecule has 0 unspecified atom stereocenters. The summed E-state index contributed by atoms with van der Waals surface area (Å²) in [7, 11) is 0. The van der Waals surface area contributed by atoms with E-state index in [-0.39, 0.29) is 58.1 Å². The standard InChI is InChI=1S/C100H83BN4/c1-97(2,3)66-42-48-86-80(55-66)81-56-67(98(4,5)6)43-49-87(81)102(86)71-57-82-79-52-63(61-28-17-14-18-29-61)41-47-88(79)105-91-59-90-92(78-36-25-35-77-75-33-22-20-31-73(75)72-30-19-21-32-74(72)76-34-23-24-37-85(76)104(90)94(77)78)96-93(91)101(84(58-71)95(82)105)83-46-40-64(65-50-68(99(7,8)9)54-69(51-65)100(10,11)12)53-89(83)103(96)70-44-38-62(39-45-70)60-26-15-13-16-27-60/h13-59H,1-12H3/i14D,17D,18D,28D,29D. The molecule has 0 N–H and O–H groups in total. The second-order valence-electron chi connectivity index (χ2n) is 33.7. The third kappa shape index (κ3) is 9.52. The predicted molar refractivity (Wildman–Crippen MR) is 453 cm³/mol. The first kappa shape index (κ1) is 57.8. The van der Waals surface area contributed by atoms with Gasteiger partial charge in [0.15, 0.2) is 0 Å². The van der Waals surface area contributed by atoms with Crippen LogP contribution in [0.3, 0.4) is 0 Å². The van der Waals surface area contributed by atoms with E-state index in [1.807, 2.05) is 6.07 Å². The molecular formula is C100H83BN4. The molecule has 6 heterocycles. The first-order valence-electron chi connectivity index (χ1n) is 39.7. The van der Waals surface area contributed by atoms with Crippen LogP contribution < -0.4 is 21.3 Å². The van der Waals surface area contributed by atoms with E-state index in [4.69, 9.17) is 4.11 Å². The molecule has 0 spiro atoms. The summed E-state index contributed by atoms with van der Waals surface area (Å²) in [4.78, 5) is 2.63. The SMILES string of the molecule is [2H]c1c([2H])c([2H])c(-c2ccc3c(c2)c2cc(-n4c5ccc(C(C)(C)C)cc5c5cc(C(C)(C)C)ccc54)cc4c2n3-c2cc3c(c5c2B4c2ccc(-c4cc(C(C)(C)C)cc(C(C)(C)C)c4)cc2N5c2ccc(-c4ccccc4)cc2)c2cccc4c5ccccc5c5ccccc5c5ccccc5n3c42)c([2H])c1[2H]. The van der Waals surface area contributed by atoms with Gasteiger partial charge < -0.3 is 18.4 Å². The minimum atomic E-state index is -0.420. The van der Waals surface area contributed by atoms with E-state index in [2.05, 4.69) is 350 Å². The van der Waals surface area contributed by atoms with Gasteiger partial charge in [0.05, 0.1) is 45.6 Å². The molecule has 0 aliphatic carbocycles. The number of hydrogen-bond acceptors (Lipinski definition) is 1. The van der Waals surface area contributed by atoms with Gasteiger partial charge in [0, 0.05) is 71.4 Å². The zero-order chi connectivity index (χ0) is 75.8. The van der Waals surface area contributed by atoms with E-state index >= 15 is 0 Å². The van der Waals surface area contributed by atoms with Crippen LogP contribution in [-0.4, -0.2) is 20.2 Å². The highest BCUT2D eigenvalue weighted by atomic mass is 15.2. The zero-order valence-electron chi connectivity index (χ0n) is 66.6. The molecule has 5 heteroatoms. The molecule has 2 aliphatic heterocycles. The number of hydrogen-bond donors (Lipinski definition) is 0. The van der Waals surface area contributed by atoms with Gasteiger partial charge in [-0.1, -0.05) is 289 Å². The summed E-state index contributed by atoms with van der Waals surface area (Å²) >= 11 is 0. The highest BCUT2D eigenvalue weighted by molar-refractivity contribution is 7.00. The quantitative estimate of drug-likeness (QED) is 0.157. The normalized spacial score (nSPS) is 14.0. The van der Waals surface area contributed by atoms with Gasteiger partial charge in [0.25, 0.3) is 6.71 Å². The summed E-state index contributed by atoms with van der Waals surface area (Å²) in [5.74, 6) is 0. The molecule has 0 saturated carbocycles. The number of nitrogens with zero attached hydrogens (tertiary/aromatic N) is 4. The number of fused-ring (bicyclic) bond motifs is 21. The number of para-hydroxylation sites is 2. The van der Waals surface area contributed by atoms with Crippen LogP contribution in [0.4, 0.5) is 17.1 Å². The molecule has 0 amide bonds. The first-order valence-corrected chi connectivity index (χ1v) is 37.2. The van der Waals surface area contributed by atoms with Crippen molar-refractivity contribution in [3.63, 3.8) is 0 Å². The third-order valence-electron chi connectivity index (χ3n) is 23.2. The average molecular weight is 1360 g/mol. The van der Waals surface area contributed by atoms with E-state index in [1.54, 1.807) is 0 Å². The molecule has 0 bridgehead atoms. The second kappa shape index (κ2) is 22.4. The maximum atomic E-state index is 9.53. The van der Waals surface area contributed by atoms with Gasteiger partial charge in [-0.2, -0.15) is 0 Å². The summed E-state index contributed by atoms with van der Waals surface area (Å²) in [5.41, 5.74) is 25.9. The van der Waals surface area contributed by atoms with Gasteiger partial charge in [0.1, 0.15) is 0 Å². The van der Waals surface area contributed by atoms with E-state index < -0.39 is 6.04 Å². The van der Waals surface area contributed by atoms with Gasteiger partial charge in [-0.3, -0.25) is 0 Å². The first-order chi connectivity index (χ1) is 52.7. The molecule has 0 fully saturated rings. The van der Waals surface area contributed by atoms with Crippen molar-refractivity contribution >= 4 is 143 Å². The Morgan fingerprint density at radius 3 is 1.44 bits per heavy atom. The number of anilines is 3. The molecule has 4 nitrogen and oxygen atoms in total. The minimum absolute atomic E-state index is 0.122. The van der Waals surface area contributed by atoms with Crippen LogP contribution in [0.5, 0.6) is 0 Å². The largest absolute Gasteiger partial charge is 0.311 e. The Morgan fingerprint density at radius 1 is 0.286 bits per heavy atom. The highest BCUT2D eigenvalue weighted by Gasteiger charge is 2.45. The van der Waals surface area contributed by atoms with Crippen molar-refractivity contribution in [3.05, 3.63) is 307 Å². The molecule has 18 aromatic rings. The van der Waals surface area contributed by atoms with Crippen LogP contribution in [0.2, 0.25) is 0 Å². The Hall–Kier alpha value is -11.7. The zero-order valence-corrected chi connectivity index (χ0v) is 61.6. The van der Waals surface area contributed by atoms with Crippen molar-refractivity contribution < 1.29 is 6.85 Å². The fourth-order valence-corrected chi connectivity index (χ4v) is 17.8. The highest BCUT2D eigenvalue weighted by Crippen LogP contribution is 2.52. The molecule has 2 aliphatic rings. The smallest absolute Gasteiger partial charge is 0.252 e. The Labute approximate surface area is 621 Å². The van der Waals surface area contributed by atoms with Crippen molar-refractivity contribution in [2.75, 3.05) is 4.90 Å². The number of rotatable bonds is 5. The summed E-state index contributed by atoms with van der Waals surface area (Å²) < 4.78 is 53.5. The van der Waals surface area contributed by atoms with Gasteiger partial charge in [-0.15, -0.1) is 0 Å². The summed E-state index contributed by atoms with van der Waals surface area (Å²) in [5, 5.41) is 13.4. The second-order valence-corrected chi connectivity index (χ2v) is 33.7. The lowest BCUT2D eigenvalue weighted by Gasteiger charge is -2.41. The third-order valence-corrected chi connectivity index (χ3v) is 23.2. The van der Waals surface area contributed by atoms with Crippen LogP contribution in [0.1, 0.15) is 112 Å². The Balaban J connectivity index is 1.01. The van der Waals surface area contributed by atoms with Gasteiger partial charge in [-0.05, 0) is 194 Å². The average Bonchev–Trinajstić information content (AvgIpc) is 1.42. The Bertz CT molecular complexity index is 7000. The van der Waals surface area contributed by atoms with Crippen LogP contribution >= 0.6 is 0 Å². The molecule has 0 saturated heterocycles. The van der Waals surface area contributed by atoms with Gasteiger partial charge in [-0.25, -0.2) is 0 Å². The van der Waals surface area contributed by atoms with Crippen LogP contribution in [-0.2, 0) is 21.7 Å². The van der Waals surface area contributed by atoms with Crippen LogP contribution in [0, 0.1) is 0 Å². The summed E-state index contributed by atoms with van der Waals surface area (Å²) in [6, 6.07) is 94.6. The lowest BCUT2D eigenvalue weighted by atomic mass is 9.33. The van der Waals surface area contributed by atoms with E-state index in [0.29, 0.717) is 5.56 Å². The molecule has 14 aromatic carbocycles. The summed E-state index contributed by atoms with van der Waals surface area (Å²) in [6.07, 6.45) is 0. The minimum Gasteiger partial charge on any atom is -0.311 e. The van der Waals surface area contributed by atoms with Crippen molar-refractivity contribution in [1.82, 2.24) is 13.5 Å². The van der Waals surface area contributed by atoms with Crippen molar-refractivity contribution in [3.8, 4) is 44.8 Å². The topological polar surface area (TPSA) is 17.5 Å². The molecule has 4 aromatic heterocycles. The maximum Gasteiger partial charge on any atom is 0.252 e. The fraction of sp³-hybridized carbons (Fsp3) is 0.160. The Kier molecular flexibility index (Phi) is 12.3. The van der Waals surface area contributed by atoms with Crippen molar-refractivity contribution in [2.24, 2.45) is 0 Å². The maximum absolute atomic E-state index is 9.53. The van der Waals surface area contributed by atoms with Crippen LogP contribution in [0.15, 0.2) is 285 Å². The Morgan fingerprint density at radius 2 is 0.800 bits per heavy atom. The van der Waals surface area contributed by atoms with Gasteiger partial charge >= 0.3 is 0 Å². The van der Waals surface area contributed by atoms with E-state index in [1.165, 1.54) is 49.4 Å². The van der Waals surface area contributed by atoms with Gasteiger partial charge in [0.2, 0.25) is 0 Å². The number of benzene rings is 14. The molecule has 20 rings (SSSR count). The lowest BCUT2D eigenvalue weighted by molar-refractivity contribution is 0.569. The van der Waals surface area contributed by atoms with Crippen molar-refractivity contribution in [2.45, 2.75) is 105 Å². The van der Waals surface area contributed by atoms with E-state index in [0.717, 1.165) is 143 Å².